The summed E-state index contributed by atoms with van der Waals surface area (Å²) < 4.78 is 1.52. The van der Waals surface area contributed by atoms with Crippen LogP contribution < -0.4 is 16.6 Å². The number of carbonyl (C=O) groups is 1. The predicted molar refractivity (Wildman–Crippen MR) is 79.9 cm³/mol. The third-order valence-corrected chi connectivity index (χ3v) is 3.04. The number of aromatic nitrogens is 1. The molecule has 104 valence electrons. The van der Waals surface area contributed by atoms with Crippen LogP contribution in [0.4, 0.5) is 11.4 Å². The predicted octanol–water partition coefficient (Wildman–Crippen LogP) is 2.01. The Balaban J connectivity index is 2.28. The van der Waals surface area contributed by atoms with Gasteiger partial charge in [-0.15, -0.1) is 0 Å². The van der Waals surface area contributed by atoms with Gasteiger partial charge in [-0.3, -0.25) is 9.59 Å². The molecule has 20 heavy (non-hydrogen) atoms. The smallest absolute Gasteiger partial charge is 0.257 e. The highest BCUT2D eigenvalue weighted by molar-refractivity contribution is 6.07. The standard InChI is InChI=1S/C15H17N3O2/c1-3-18-9-11(5-7-14(18)19)17-15(20)12-8-10(2)4-6-13(12)16/h4-9H,3,16H2,1-2H3,(H,17,20). The molecule has 2 rings (SSSR count). The highest BCUT2D eigenvalue weighted by atomic mass is 16.1. The molecule has 1 heterocycles. The summed E-state index contributed by atoms with van der Waals surface area (Å²) in [6.07, 6.45) is 1.62. The fourth-order valence-electron chi connectivity index (χ4n) is 1.92. The molecule has 2 aromatic rings. The molecule has 1 amide bonds. The zero-order valence-electron chi connectivity index (χ0n) is 11.5. The largest absolute Gasteiger partial charge is 0.398 e. The van der Waals surface area contributed by atoms with Gasteiger partial charge in [-0.25, -0.2) is 0 Å². The molecule has 3 N–H and O–H groups in total. The number of nitrogens with two attached hydrogens (primary N) is 1. The van der Waals surface area contributed by atoms with E-state index in [1.165, 1.54) is 10.6 Å². The van der Waals surface area contributed by atoms with E-state index in [0.717, 1.165) is 5.56 Å². The van der Waals surface area contributed by atoms with E-state index in [9.17, 15) is 9.59 Å². The van der Waals surface area contributed by atoms with Crippen molar-refractivity contribution in [2.45, 2.75) is 20.4 Å². The van der Waals surface area contributed by atoms with Gasteiger partial charge in [0.1, 0.15) is 0 Å². The summed E-state index contributed by atoms with van der Waals surface area (Å²) in [5.41, 5.74) is 8.10. The molecule has 1 aromatic carbocycles. The second kappa shape index (κ2) is 5.61. The van der Waals surface area contributed by atoms with E-state index in [-0.39, 0.29) is 11.5 Å². The zero-order valence-corrected chi connectivity index (χ0v) is 11.5. The molecule has 0 unspecified atom stereocenters. The van der Waals surface area contributed by atoms with Gasteiger partial charge < -0.3 is 15.6 Å². The number of nitrogen functional groups attached to an aromatic ring is 1. The maximum atomic E-state index is 12.2. The van der Waals surface area contributed by atoms with Gasteiger partial charge in [0.2, 0.25) is 0 Å². The third kappa shape index (κ3) is 2.88. The lowest BCUT2D eigenvalue weighted by Gasteiger charge is -2.10. The third-order valence-electron chi connectivity index (χ3n) is 3.04. The Hall–Kier alpha value is -2.56. The Morgan fingerprint density at radius 1 is 1.30 bits per heavy atom. The van der Waals surface area contributed by atoms with Crippen molar-refractivity contribution in [2.24, 2.45) is 0 Å². The van der Waals surface area contributed by atoms with Crippen molar-refractivity contribution in [3.05, 3.63) is 58.0 Å². The number of amides is 1. The lowest BCUT2D eigenvalue weighted by atomic mass is 10.1. The zero-order chi connectivity index (χ0) is 14.7. The first-order valence-corrected chi connectivity index (χ1v) is 6.39. The summed E-state index contributed by atoms with van der Waals surface area (Å²) in [6, 6.07) is 8.30. The van der Waals surface area contributed by atoms with Gasteiger partial charge in [-0.1, -0.05) is 11.6 Å². The van der Waals surface area contributed by atoms with Crippen molar-refractivity contribution in [1.29, 1.82) is 0 Å². The first kappa shape index (κ1) is 13.9. The quantitative estimate of drug-likeness (QED) is 0.838. The number of nitrogens with zero attached hydrogens (tertiary/aromatic N) is 1. The van der Waals surface area contributed by atoms with Crippen molar-refractivity contribution in [3.8, 4) is 0 Å². The second-order valence-corrected chi connectivity index (χ2v) is 4.59. The van der Waals surface area contributed by atoms with Crippen LogP contribution in [0.2, 0.25) is 0 Å². The lowest BCUT2D eigenvalue weighted by molar-refractivity contribution is 0.102. The van der Waals surface area contributed by atoms with Gasteiger partial charge in [-0.05, 0) is 32.0 Å². The molecule has 0 saturated carbocycles. The monoisotopic (exact) mass is 271 g/mol. The van der Waals surface area contributed by atoms with Gasteiger partial charge in [0.05, 0.1) is 11.3 Å². The fraction of sp³-hybridized carbons (Fsp3) is 0.200. The molecule has 0 fully saturated rings. The number of anilines is 2. The topological polar surface area (TPSA) is 77.1 Å². The van der Waals surface area contributed by atoms with Crippen molar-refractivity contribution < 1.29 is 4.79 Å². The molecule has 1 aromatic heterocycles. The minimum Gasteiger partial charge on any atom is -0.398 e. The number of aryl methyl sites for hydroxylation is 2. The Morgan fingerprint density at radius 3 is 2.75 bits per heavy atom. The van der Waals surface area contributed by atoms with Crippen molar-refractivity contribution in [1.82, 2.24) is 4.57 Å². The molecule has 5 heteroatoms. The summed E-state index contributed by atoms with van der Waals surface area (Å²) in [6.45, 7) is 4.31. The van der Waals surface area contributed by atoms with Crippen molar-refractivity contribution in [3.63, 3.8) is 0 Å². The SMILES string of the molecule is CCn1cc(NC(=O)c2cc(C)ccc2N)ccc1=O. The van der Waals surface area contributed by atoms with E-state index >= 15 is 0 Å². The number of pyridine rings is 1. The normalized spacial score (nSPS) is 10.3. The fourth-order valence-corrected chi connectivity index (χ4v) is 1.92. The summed E-state index contributed by atoms with van der Waals surface area (Å²) in [5.74, 6) is -0.285. The Labute approximate surface area is 117 Å². The molecule has 0 aliphatic heterocycles. The van der Waals surface area contributed by atoms with E-state index in [4.69, 9.17) is 5.73 Å². The van der Waals surface area contributed by atoms with Crippen LogP contribution in [0.1, 0.15) is 22.8 Å². The molecule has 0 atom stereocenters. The van der Waals surface area contributed by atoms with Crippen molar-refractivity contribution >= 4 is 17.3 Å². The molecule has 0 spiro atoms. The molecule has 0 saturated heterocycles. The van der Waals surface area contributed by atoms with Gasteiger partial charge in [0, 0.05) is 24.5 Å². The van der Waals surface area contributed by atoms with Crippen LogP contribution in [0.3, 0.4) is 0 Å². The van der Waals surface area contributed by atoms with E-state index < -0.39 is 0 Å². The maximum absolute atomic E-state index is 12.2. The van der Waals surface area contributed by atoms with Gasteiger partial charge in [0.15, 0.2) is 0 Å². The van der Waals surface area contributed by atoms with E-state index in [0.29, 0.717) is 23.5 Å². The molecule has 0 bridgehead atoms. The minimum absolute atomic E-state index is 0.0967. The van der Waals surface area contributed by atoms with E-state index in [1.54, 1.807) is 24.4 Å². The number of nitrogens with one attached hydrogen (secondary N) is 1. The number of benzene rings is 1. The van der Waals surface area contributed by atoms with Gasteiger partial charge in [0.25, 0.3) is 11.5 Å². The van der Waals surface area contributed by atoms with Crippen LogP contribution in [0.5, 0.6) is 0 Å². The average Bonchev–Trinajstić information content (AvgIpc) is 2.43. The van der Waals surface area contributed by atoms with Crippen LogP contribution in [-0.2, 0) is 6.54 Å². The Morgan fingerprint density at radius 2 is 2.05 bits per heavy atom. The first-order valence-electron chi connectivity index (χ1n) is 6.39. The minimum atomic E-state index is -0.285. The summed E-state index contributed by atoms with van der Waals surface area (Å²) in [4.78, 5) is 23.7. The van der Waals surface area contributed by atoms with Crippen LogP contribution in [-0.4, -0.2) is 10.5 Å². The molecule has 5 nitrogen and oxygen atoms in total. The molecule has 0 aliphatic rings. The van der Waals surface area contributed by atoms with E-state index in [1.807, 2.05) is 19.9 Å². The molecular weight excluding hydrogens is 254 g/mol. The molecule has 0 aliphatic carbocycles. The second-order valence-electron chi connectivity index (χ2n) is 4.59. The van der Waals surface area contributed by atoms with Gasteiger partial charge in [-0.2, -0.15) is 0 Å². The maximum Gasteiger partial charge on any atom is 0.257 e. The molecular formula is C15H17N3O2. The number of hydrogen-bond acceptors (Lipinski definition) is 3. The number of hydrogen-bond donors (Lipinski definition) is 2. The first-order chi connectivity index (χ1) is 9.51. The Bertz CT molecular complexity index is 705. The Kier molecular flexibility index (Phi) is 3.89. The van der Waals surface area contributed by atoms with Crippen LogP contribution in [0, 0.1) is 6.92 Å². The summed E-state index contributed by atoms with van der Waals surface area (Å²) in [5, 5.41) is 2.75. The van der Waals surface area contributed by atoms with E-state index in [2.05, 4.69) is 5.32 Å². The van der Waals surface area contributed by atoms with Crippen molar-refractivity contribution in [2.75, 3.05) is 11.1 Å². The number of carbonyl (C=O) groups excluding carboxylic acids is 1. The summed E-state index contributed by atoms with van der Waals surface area (Å²) >= 11 is 0. The highest BCUT2D eigenvalue weighted by Gasteiger charge is 2.10. The lowest BCUT2D eigenvalue weighted by Crippen LogP contribution is -2.20. The van der Waals surface area contributed by atoms with Crippen LogP contribution in [0.15, 0.2) is 41.3 Å². The van der Waals surface area contributed by atoms with Gasteiger partial charge >= 0.3 is 0 Å². The average molecular weight is 271 g/mol. The van der Waals surface area contributed by atoms with Crippen LogP contribution in [0.25, 0.3) is 0 Å². The molecule has 0 radical (unpaired) electrons. The highest BCUT2D eigenvalue weighted by Crippen LogP contribution is 2.15. The van der Waals surface area contributed by atoms with Crippen LogP contribution >= 0.6 is 0 Å². The number of rotatable bonds is 3. The summed E-state index contributed by atoms with van der Waals surface area (Å²) in [7, 11) is 0.